The third-order valence-corrected chi connectivity index (χ3v) is 11.6. The summed E-state index contributed by atoms with van der Waals surface area (Å²) in [6.45, 7) is 0. The highest BCUT2D eigenvalue weighted by atomic mass is 14.2. The summed E-state index contributed by atoms with van der Waals surface area (Å²) in [4.78, 5) is 0. The molecule has 0 aromatic heterocycles. The maximum atomic E-state index is 2.44. The van der Waals surface area contributed by atoms with E-state index in [0.29, 0.717) is 0 Å². The van der Waals surface area contributed by atoms with Gasteiger partial charge in [-0.3, -0.25) is 0 Å². The molecule has 0 aliphatic carbocycles. The first-order chi connectivity index (χ1) is 27.7. The van der Waals surface area contributed by atoms with Crippen LogP contribution < -0.4 is 0 Å². The smallest absolute Gasteiger partial charge is 0.00199 e. The van der Waals surface area contributed by atoms with E-state index in [-0.39, 0.29) is 0 Å². The van der Waals surface area contributed by atoms with Gasteiger partial charge in [-0.2, -0.15) is 0 Å². The van der Waals surface area contributed by atoms with E-state index in [0.717, 1.165) is 0 Å². The van der Waals surface area contributed by atoms with Crippen LogP contribution in [0.5, 0.6) is 0 Å². The van der Waals surface area contributed by atoms with Crippen LogP contribution >= 0.6 is 0 Å². The minimum absolute atomic E-state index is 1.21. The van der Waals surface area contributed by atoms with E-state index in [1.165, 1.54) is 109 Å². The van der Waals surface area contributed by atoms with Crippen LogP contribution in [-0.4, -0.2) is 0 Å². The quantitative estimate of drug-likeness (QED) is 0.156. The molecule has 0 unspecified atom stereocenters. The summed E-state index contributed by atoms with van der Waals surface area (Å²) >= 11 is 0. The highest BCUT2D eigenvalue weighted by molar-refractivity contribution is 6.24. The molecule has 0 aliphatic rings. The Morgan fingerprint density at radius 3 is 1.30 bits per heavy atom. The van der Waals surface area contributed by atoms with E-state index in [4.69, 9.17) is 0 Å². The summed E-state index contributed by atoms with van der Waals surface area (Å²) < 4.78 is 0. The van der Waals surface area contributed by atoms with Gasteiger partial charge in [0.1, 0.15) is 0 Å². The third kappa shape index (κ3) is 5.46. The fourth-order valence-corrected chi connectivity index (χ4v) is 8.85. The molecule has 0 saturated carbocycles. The van der Waals surface area contributed by atoms with Crippen LogP contribution in [0.25, 0.3) is 109 Å². The van der Waals surface area contributed by atoms with Crippen molar-refractivity contribution in [2.45, 2.75) is 0 Å². The largest absolute Gasteiger partial charge is 0.0622 e. The normalized spacial score (nSPS) is 11.6. The Hall–Kier alpha value is -7.28. The van der Waals surface area contributed by atoms with Crippen LogP contribution in [0.2, 0.25) is 0 Å². The molecule has 0 aliphatic heterocycles. The fraction of sp³-hybridized carbons (Fsp3) is 0. The molecule has 260 valence electrons. The predicted molar refractivity (Wildman–Crippen MR) is 241 cm³/mol. The summed E-state index contributed by atoms with van der Waals surface area (Å²) in [6, 6.07) is 80.6. The summed E-state index contributed by atoms with van der Waals surface area (Å²) in [5.74, 6) is 0. The van der Waals surface area contributed by atoms with Crippen molar-refractivity contribution in [1.29, 1.82) is 0 Å². The van der Waals surface area contributed by atoms with Crippen LogP contribution in [-0.2, 0) is 0 Å². The van der Waals surface area contributed by atoms with Crippen LogP contribution in [0.15, 0.2) is 218 Å². The van der Waals surface area contributed by atoms with Crippen molar-refractivity contribution < 1.29 is 0 Å². The molecule has 0 radical (unpaired) electrons. The first-order valence-corrected chi connectivity index (χ1v) is 19.4. The van der Waals surface area contributed by atoms with Gasteiger partial charge in [-0.1, -0.05) is 188 Å². The molecule has 0 amide bonds. The van der Waals surface area contributed by atoms with Gasteiger partial charge in [-0.05, 0) is 140 Å². The maximum Gasteiger partial charge on any atom is -0.00199 e. The zero-order valence-corrected chi connectivity index (χ0v) is 30.8. The van der Waals surface area contributed by atoms with E-state index in [9.17, 15) is 0 Å². The second-order valence-corrected chi connectivity index (χ2v) is 14.9. The zero-order valence-electron chi connectivity index (χ0n) is 30.8. The molecule has 0 N–H and O–H groups in total. The Labute approximate surface area is 326 Å². The molecule has 11 rings (SSSR count). The number of hydrogen-bond donors (Lipinski definition) is 0. The molecule has 0 atom stereocenters. The molecule has 0 heteroatoms. The van der Waals surface area contributed by atoms with Crippen LogP contribution in [0.4, 0.5) is 0 Å². The van der Waals surface area contributed by atoms with E-state index in [1.54, 1.807) is 0 Å². The van der Waals surface area contributed by atoms with E-state index in [2.05, 4.69) is 218 Å². The lowest BCUT2D eigenvalue weighted by molar-refractivity contribution is 1.61. The molecular formula is C56H36. The van der Waals surface area contributed by atoms with Gasteiger partial charge in [0.05, 0.1) is 0 Å². The van der Waals surface area contributed by atoms with Gasteiger partial charge in [0, 0.05) is 0 Å². The summed E-state index contributed by atoms with van der Waals surface area (Å²) in [5, 5.41) is 12.5. The number of hydrogen-bond acceptors (Lipinski definition) is 0. The predicted octanol–water partition coefficient (Wildman–Crippen LogP) is 15.8. The topological polar surface area (TPSA) is 0 Å². The van der Waals surface area contributed by atoms with Crippen molar-refractivity contribution in [2.75, 3.05) is 0 Å². The van der Waals surface area contributed by atoms with Crippen LogP contribution in [0.1, 0.15) is 0 Å². The Kier molecular flexibility index (Phi) is 7.60. The first kappa shape index (κ1) is 32.2. The average Bonchev–Trinajstić information content (AvgIpc) is 3.27. The summed E-state index contributed by atoms with van der Waals surface area (Å²) in [7, 11) is 0. The minimum atomic E-state index is 1.21. The fourth-order valence-electron chi connectivity index (χ4n) is 8.85. The summed E-state index contributed by atoms with van der Waals surface area (Å²) in [5.41, 5.74) is 12.2. The lowest BCUT2D eigenvalue weighted by Gasteiger charge is -2.21. The molecule has 0 heterocycles. The number of fused-ring (bicyclic) bond motifs is 5. The van der Waals surface area contributed by atoms with Gasteiger partial charge in [0.25, 0.3) is 0 Å². The van der Waals surface area contributed by atoms with Crippen molar-refractivity contribution in [3.8, 4) is 55.6 Å². The number of benzene rings is 11. The Morgan fingerprint density at radius 2 is 0.625 bits per heavy atom. The first-order valence-electron chi connectivity index (χ1n) is 19.4. The standard InChI is InChI=1S/C56H36/c1-2-12-37(13-3-1)43-20-10-21-48(34-43)55-51-30-28-47(45-27-25-39-15-5-7-18-42(39)33-45)36-54(51)56(50-23-11-19-40-16-8-9-22-49(40)50)52-31-29-46(35-53(52)55)44-26-24-38-14-4-6-17-41(38)32-44/h1-36H. The molecular weight excluding hydrogens is 673 g/mol. The Morgan fingerprint density at radius 1 is 0.179 bits per heavy atom. The van der Waals surface area contributed by atoms with Gasteiger partial charge >= 0.3 is 0 Å². The highest BCUT2D eigenvalue weighted by Gasteiger charge is 2.20. The van der Waals surface area contributed by atoms with E-state index >= 15 is 0 Å². The van der Waals surface area contributed by atoms with E-state index < -0.39 is 0 Å². The SMILES string of the molecule is c1ccc(-c2cccc(-c3c4cc(-c5ccc6ccccc6c5)ccc4c(-c4cccc5ccccc45)c4cc(-c5ccc6ccccc6c5)ccc34)c2)cc1. The Bertz CT molecular complexity index is 3290. The third-order valence-electron chi connectivity index (χ3n) is 11.6. The van der Waals surface area contributed by atoms with Gasteiger partial charge in [0.15, 0.2) is 0 Å². The molecule has 0 bridgehead atoms. The average molecular weight is 709 g/mol. The number of rotatable bonds is 5. The second kappa shape index (κ2) is 13.2. The maximum absolute atomic E-state index is 2.44. The Balaban J connectivity index is 1.26. The molecule has 0 saturated heterocycles. The summed E-state index contributed by atoms with van der Waals surface area (Å²) in [6.07, 6.45) is 0. The van der Waals surface area contributed by atoms with Gasteiger partial charge in [-0.15, -0.1) is 0 Å². The van der Waals surface area contributed by atoms with Gasteiger partial charge < -0.3 is 0 Å². The minimum Gasteiger partial charge on any atom is -0.0622 e. The highest BCUT2D eigenvalue weighted by Crippen LogP contribution is 2.48. The molecule has 0 nitrogen and oxygen atoms in total. The lowest BCUT2D eigenvalue weighted by Crippen LogP contribution is -1.94. The molecule has 0 fully saturated rings. The van der Waals surface area contributed by atoms with Crippen molar-refractivity contribution in [1.82, 2.24) is 0 Å². The van der Waals surface area contributed by atoms with Gasteiger partial charge in [-0.25, -0.2) is 0 Å². The van der Waals surface area contributed by atoms with Crippen molar-refractivity contribution in [3.05, 3.63) is 218 Å². The van der Waals surface area contributed by atoms with Crippen LogP contribution in [0, 0.1) is 0 Å². The molecule has 0 spiro atoms. The van der Waals surface area contributed by atoms with Crippen molar-refractivity contribution in [3.63, 3.8) is 0 Å². The lowest BCUT2D eigenvalue weighted by atomic mass is 9.82. The van der Waals surface area contributed by atoms with Crippen molar-refractivity contribution in [2.24, 2.45) is 0 Å². The molecule has 56 heavy (non-hydrogen) atoms. The van der Waals surface area contributed by atoms with E-state index in [1.807, 2.05) is 0 Å². The molecule has 11 aromatic carbocycles. The van der Waals surface area contributed by atoms with Gasteiger partial charge in [0.2, 0.25) is 0 Å². The monoisotopic (exact) mass is 708 g/mol. The van der Waals surface area contributed by atoms with Crippen molar-refractivity contribution >= 4 is 53.9 Å². The van der Waals surface area contributed by atoms with Crippen LogP contribution in [0.3, 0.4) is 0 Å². The zero-order chi connectivity index (χ0) is 37.0. The molecule has 11 aromatic rings. The second-order valence-electron chi connectivity index (χ2n) is 14.9.